The number of rotatable bonds is 3. The van der Waals surface area contributed by atoms with Crippen LogP contribution in [0.25, 0.3) is 0 Å². The highest BCUT2D eigenvalue weighted by atomic mass is 19.1. The third-order valence-electron chi connectivity index (χ3n) is 5.23. The first-order chi connectivity index (χ1) is 12.7. The van der Waals surface area contributed by atoms with Crippen molar-refractivity contribution in [1.29, 1.82) is 0 Å². The molecule has 0 saturated carbocycles. The number of aromatic hydroxyl groups is 1. The van der Waals surface area contributed by atoms with Crippen LogP contribution in [-0.4, -0.2) is 29.8 Å². The SMILES string of the molecule is CC1CC(C)(C)N(C)c2cc(F)c(/C=N/NC(=O)c3cccc(O)c3)cc21. The van der Waals surface area contributed by atoms with E-state index < -0.39 is 5.91 Å². The molecule has 0 saturated heterocycles. The molecule has 0 radical (unpaired) electrons. The van der Waals surface area contributed by atoms with Crippen molar-refractivity contribution < 1.29 is 14.3 Å². The maximum Gasteiger partial charge on any atom is 0.271 e. The molecule has 1 heterocycles. The second-order valence-corrected chi connectivity index (χ2v) is 7.66. The van der Waals surface area contributed by atoms with Gasteiger partial charge in [-0.15, -0.1) is 0 Å². The lowest BCUT2D eigenvalue weighted by Crippen LogP contribution is -2.45. The van der Waals surface area contributed by atoms with Gasteiger partial charge in [-0.1, -0.05) is 13.0 Å². The van der Waals surface area contributed by atoms with Crippen LogP contribution in [0.2, 0.25) is 0 Å². The Kier molecular flexibility index (Phi) is 4.91. The van der Waals surface area contributed by atoms with Gasteiger partial charge in [0.05, 0.1) is 6.21 Å². The second kappa shape index (κ2) is 7.02. The largest absolute Gasteiger partial charge is 0.508 e. The quantitative estimate of drug-likeness (QED) is 0.634. The van der Waals surface area contributed by atoms with Crippen LogP contribution in [-0.2, 0) is 0 Å². The number of fused-ring (bicyclic) bond motifs is 1. The second-order valence-electron chi connectivity index (χ2n) is 7.66. The molecule has 1 amide bonds. The summed E-state index contributed by atoms with van der Waals surface area (Å²) in [4.78, 5) is 14.1. The normalized spacial score (nSPS) is 18.4. The van der Waals surface area contributed by atoms with Gasteiger partial charge < -0.3 is 10.0 Å². The Morgan fingerprint density at radius 3 is 2.81 bits per heavy atom. The van der Waals surface area contributed by atoms with Gasteiger partial charge >= 0.3 is 0 Å². The smallest absolute Gasteiger partial charge is 0.271 e. The van der Waals surface area contributed by atoms with E-state index in [9.17, 15) is 14.3 Å². The molecule has 1 unspecified atom stereocenters. The molecule has 0 fully saturated rings. The Balaban J connectivity index is 1.81. The summed E-state index contributed by atoms with van der Waals surface area (Å²) in [6.45, 7) is 6.43. The highest BCUT2D eigenvalue weighted by Crippen LogP contribution is 2.43. The number of benzene rings is 2. The molecular formula is C21H24FN3O2. The maximum absolute atomic E-state index is 14.6. The number of carbonyl (C=O) groups excluding carboxylic acids is 1. The van der Waals surface area contributed by atoms with Crippen LogP contribution in [0.1, 0.15) is 54.6 Å². The molecule has 6 heteroatoms. The fraction of sp³-hybridized carbons (Fsp3) is 0.333. The van der Waals surface area contributed by atoms with E-state index in [1.165, 1.54) is 24.4 Å². The molecule has 1 atom stereocenters. The summed E-state index contributed by atoms with van der Waals surface area (Å²) in [6, 6.07) is 9.27. The van der Waals surface area contributed by atoms with Crippen molar-refractivity contribution in [2.24, 2.45) is 5.10 Å². The van der Waals surface area contributed by atoms with E-state index in [2.05, 4.69) is 36.2 Å². The van der Waals surface area contributed by atoms with Crippen molar-refractivity contribution in [1.82, 2.24) is 5.43 Å². The number of hydrogen-bond acceptors (Lipinski definition) is 4. The number of hydrazone groups is 1. The number of phenolic OH excluding ortho intramolecular Hbond substituents is 1. The topological polar surface area (TPSA) is 64.9 Å². The number of carbonyl (C=O) groups is 1. The van der Waals surface area contributed by atoms with Crippen LogP contribution >= 0.6 is 0 Å². The summed E-state index contributed by atoms with van der Waals surface area (Å²) in [5.74, 6) is -0.578. The van der Waals surface area contributed by atoms with Gasteiger partial charge in [0.2, 0.25) is 0 Å². The summed E-state index contributed by atoms with van der Waals surface area (Å²) < 4.78 is 14.6. The van der Waals surface area contributed by atoms with Crippen LogP contribution in [0.4, 0.5) is 10.1 Å². The highest BCUT2D eigenvalue weighted by Gasteiger charge is 2.34. The molecular weight excluding hydrogens is 345 g/mol. The van der Waals surface area contributed by atoms with E-state index in [0.29, 0.717) is 11.5 Å². The average molecular weight is 369 g/mol. The number of halogens is 1. The molecule has 2 N–H and O–H groups in total. The van der Waals surface area contributed by atoms with Crippen molar-refractivity contribution in [2.75, 3.05) is 11.9 Å². The lowest BCUT2D eigenvalue weighted by atomic mass is 9.80. The summed E-state index contributed by atoms with van der Waals surface area (Å²) >= 11 is 0. The van der Waals surface area contributed by atoms with Gasteiger partial charge in [0.1, 0.15) is 11.6 Å². The molecule has 1 aliphatic rings. The Morgan fingerprint density at radius 2 is 2.11 bits per heavy atom. The lowest BCUT2D eigenvalue weighted by Gasteiger charge is -2.45. The van der Waals surface area contributed by atoms with E-state index >= 15 is 0 Å². The first-order valence-corrected chi connectivity index (χ1v) is 8.89. The van der Waals surface area contributed by atoms with Gasteiger partial charge in [0, 0.05) is 29.4 Å². The van der Waals surface area contributed by atoms with Crippen molar-refractivity contribution in [3.8, 4) is 5.75 Å². The van der Waals surface area contributed by atoms with Crippen LogP contribution in [0.5, 0.6) is 5.75 Å². The maximum atomic E-state index is 14.6. The number of nitrogens with one attached hydrogen (secondary N) is 1. The molecule has 3 rings (SSSR count). The number of nitrogens with zero attached hydrogens (tertiary/aromatic N) is 2. The first-order valence-electron chi connectivity index (χ1n) is 8.89. The van der Waals surface area contributed by atoms with Crippen LogP contribution in [0.15, 0.2) is 41.5 Å². The fourth-order valence-electron chi connectivity index (χ4n) is 3.58. The Bertz CT molecular complexity index is 908. The highest BCUT2D eigenvalue weighted by molar-refractivity contribution is 5.95. The molecule has 142 valence electrons. The van der Waals surface area contributed by atoms with Crippen LogP contribution in [0, 0.1) is 5.82 Å². The molecule has 5 nitrogen and oxygen atoms in total. The summed E-state index contributed by atoms with van der Waals surface area (Å²) in [5.41, 5.74) is 4.87. The van der Waals surface area contributed by atoms with Crippen molar-refractivity contribution >= 4 is 17.8 Å². The van der Waals surface area contributed by atoms with Gasteiger partial charge in [-0.05, 0) is 62.1 Å². The van der Waals surface area contributed by atoms with Gasteiger partial charge in [0.15, 0.2) is 0 Å². The predicted octanol–water partition coefficient (Wildman–Crippen LogP) is 4.02. The van der Waals surface area contributed by atoms with Crippen molar-refractivity contribution in [3.05, 3.63) is 58.9 Å². The summed E-state index contributed by atoms with van der Waals surface area (Å²) in [5, 5.41) is 13.3. The van der Waals surface area contributed by atoms with Gasteiger partial charge in [0.25, 0.3) is 5.91 Å². The van der Waals surface area contributed by atoms with E-state index in [-0.39, 0.29) is 22.7 Å². The van der Waals surface area contributed by atoms with E-state index in [1.807, 2.05) is 7.05 Å². The molecule has 0 aliphatic carbocycles. The molecule has 27 heavy (non-hydrogen) atoms. The Morgan fingerprint density at radius 1 is 1.37 bits per heavy atom. The first kappa shape index (κ1) is 18.9. The molecule has 2 aromatic carbocycles. The number of anilines is 1. The zero-order valence-corrected chi connectivity index (χ0v) is 16.0. The fourth-order valence-corrected chi connectivity index (χ4v) is 3.58. The van der Waals surface area contributed by atoms with Crippen LogP contribution in [0.3, 0.4) is 0 Å². The minimum absolute atomic E-state index is 0.00612. The number of phenols is 1. The third kappa shape index (κ3) is 3.79. The summed E-state index contributed by atoms with van der Waals surface area (Å²) in [6.07, 6.45) is 2.27. The predicted molar refractivity (Wildman–Crippen MR) is 105 cm³/mol. The average Bonchev–Trinajstić information content (AvgIpc) is 2.60. The van der Waals surface area contributed by atoms with Gasteiger partial charge in [-0.3, -0.25) is 4.79 Å². The number of amides is 1. The molecule has 1 aliphatic heterocycles. The molecule has 2 aromatic rings. The minimum atomic E-state index is -0.477. The Labute approximate surface area is 158 Å². The third-order valence-corrected chi connectivity index (χ3v) is 5.23. The summed E-state index contributed by atoms with van der Waals surface area (Å²) in [7, 11) is 1.98. The lowest BCUT2D eigenvalue weighted by molar-refractivity contribution is 0.0954. The van der Waals surface area contributed by atoms with Crippen LogP contribution < -0.4 is 10.3 Å². The van der Waals surface area contributed by atoms with Crippen molar-refractivity contribution in [3.63, 3.8) is 0 Å². The molecule has 0 aromatic heterocycles. The van der Waals surface area contributed by atoms with Gasteiger partial charge in [-0.2, -0.15) is 5.10 Å². The van der Waals surface area contributed by atoms with E-state index in [0.717, 1.165) is 17.7 Å². The Hall–Kier alpha value is -2.89. The number of hydrogen-bond donors (Lipinski definition) is 2. The van der Waals surface area contributed by atoms with Crippen molar-refractivity contribution in [2.45, 2.75) is 38.6 Å². The molecule has 0 spiro atoms. The van der Waals surface area contributed by atoms with E-state index in [1.54, 1.807) is 18.2 Å². The standard InChI is InChI=1S/C21H24FN3O2/c1-13-11-21(2,3)25(4)19-10-18(22)15(9-17(13)19)12-23-24-20(27)14-6-5-7-16(26)8-14/h5-10,12-13,26H,11H2,1-4H3,(H,24,27)/b23-12+. The molecule has 0 bridgehead atoms. The zero-order chi connectivity index (χ0) is 19.8. The monoisotopic (exact) mass is 369 g/mol. The van der Waals surface area contributed by atoms with Gasteiger partial charge in [-0.25, -0.2) is 9.82 Å². The van der Waals surface area contributed by atoms with E-state index in [4.69, 9.17) is 0 Å². The minimum Gasteiger partial charge on any atom is -0.508 e. The zero-order valence-electron chi connectivity index (χ0n) is 16.0.